The van der Waals surface area contributed by atoms with Crippen molar-refractivity contribution in [3.63, 3.8) is 0 Å². The Labute approximate surface area is 51.7 Å². The molecule has 1 aromatic carbocycles. The third-order valence-corrected chi connectivity index (χ3v) is 1.86. The van der Waals surface area contributed by atoms with Crippen molar-refractivity contribution in [3.8, 4) is 0 Å². The molecule has 1 aromatic rings. The number of halogens is 1. The highest BCUT2D eigenvalue weighted by molar-refractivity contribution is 9.10. The molecule has 0 spiro atoms. The first-order valence-electron chi connectivity index (χ1n) is 2.18. The second-order valence-corrected chi connectivity index (χ2v) is 2.41. The largest absolute Gasteiger partial charge is 0.212 e. The Morgan fingerprint density at radius 1 is 1.71 bits per heavy atom. The van der Waals surface area contributed by atoms with Gasteiger partial charge in [0.25, 0.3) is 0 Å². The molecule has 1 heteroatoms. The molecule has 1 rings (SSSR count). The minimum Gasteiger partial charge on any atom is -0.212 e. The second kappa shape index (κ2) is 1.74. The zero-order chi connectivity index (χ0) is 5.28. The van der Waals surface area contributed by atoms with Crippen molar-refractivity contribution >= 4 is 15.9 Å². The van der Waals surface area contributed by atoms with E-state index in [2.05, 4.69) is 28.9 Å². The predicted octanol–water partition coefficient (Wildman–Crippen LogP) is 2.48. The molecule has 0 radical (unpaired) electrons. The molecule has 0 nitrogen and oxygen atoms in total. The van der Waals surface area contributed by atoms with Crippen LogP contribution in [0.5, 0.6) is 0 Å². The lowest BCUT2D eigenvalue weighted by Crippen LogP contribution is -1.56. The van der Waals surface area contributed by atoms with Crippen LogP contribution >= 0.6 is 15.9 Å². The van der Waals surface area contributed by atoms with Crippen LogP contribution < -0.4 is 0 Å². The quantitative estimate of drug-likeness (QED) is 0.508. The minimum atomic E-state index is 1.20. The number of rotatable bonds is 0. The van der Waals surface area contributed by atoms with Crippen LogP contribution in [0.3, 0.4) is 0 Å². The zero-order valence-electron chi connectivity index (χ0n) is 4.11. The monoisotopic (exact) mass is 157 g/mol. The van der Waals surface area contributed by atoms with Gasteiger partial charge in [-0.1, -0.05) is 27.3 Å². The summed E-state index contributed by atoms with van der Waals surface area (Å²) >= 11 is 3.37. The highest BCUT2D eigenvalue weighted by Crippen LogP contribution is 2.14. The molecule has 0 fully saturated rings. The van der Waals surface area contributed by atoms with Gasteiger partial charge >= 0.3 is 0 Å². The average Bonchev–Trinajstić information content (AvgIpc) is 1.91. The summed E-state index contributed by atoms with van der Waals surface area (Å²) in [5.74, 6) is 0. The Morgan fingerprint density at radius 3 is 2.57 bits per heavy atom. The summed E-state index contributed by atoms with van der Waals surface area (Å²) in [4.78, 5) is 0. The molecule has 0 aliphatic carbocycles. The molecule has 0 unspecified atom stereocenters. The van der Waals surface area contributed by atoms with Crippen LogP contribution in [0.15, 0.2) is 22.7 Å². The van der Waals surface area contributed by atoms with Crippen molar-refractivity contribution in [2.45, 2.75) is 6.92 Å². The maximum absolute atomic E-state index is 3.37. The van der Waals surface area contributed by atoms with Crippen LogP contribution in [0, 0.1) is 6.92 Å². The fourth-order valence-corrected chi connectivity index (χ4v) is 0.773. The van der Waals surface area contributed by atoms with Crippen molar-refractivity contribution in [1.82, 2.24) is 0 Å². The van der Waals surface area contributed by atoms with Gasteiger partial charge in [0.1, 0.15) is 0 Å². The molecule has 0 aromatic heterocycles. The van der Waals surface area contributed by atoms with E-state index < -0.39 is 0 Å². The van der Waals surface area contributed by atoms with E-state index in [1.54, 1.807) is 0 Å². The summed E-state index contributed by atoms with van der Waals surface area (Å²) < 4.78 is 1.20. The van der Waals surface area contributed by atoms with Crippen molar-refractivity contribution in [2.24, 2.45) is 0 Å². The standard InChI is InChI=1S/C6H6Br/c1-5-3-2-4-6(5)7/h2-4H,1H3/q-1. The van der Waals surface area contributed by atoms with Gasteiger partial charge in [-0.15, -0.1) is 5.56 Å². The average molecular weight is 158 g/mol. The molecule has 0 N–H and O–H groups in total. The van der Waals surface area contributed by atoms with Crippen LogP contribution in [0.2, 0.25) is 0 Å². The van der Waals surface area contributed by atoms with Crippen molar-refractivity contribution < 1.29 is 0 Å². The van der Waals surface area contributed by atoms with Gasteiger partial charge in [-0.2, -0.15) is 12.1 Å². The van der Waals surface area contributed by atoms with Gasteiger partial charge in [0, 0.05) is 0 Å². The first-order chi connectivity index (χ1) is 3.30. The highest BCUT2D eigenvalue weighted by Gasteiger charge is 1.76. The van der Waals surface area contributed by atoms with Crippen LogP contribution in [0.1, 0.15) is 5.56 Å². The van der Waals surface area contributed by atoms with Crippen molar-refractivity contribution in [2.75, 3.05) is 0 Å². The molecular formula is C6H6Br-. The molecule has 7 heavy (non-hydrogen) atoms. The van der Waals surface area contributed by atoms with E-state index in [0.717, 1.165) is 0 Å². The van der Waals surface area contributed by atoms with E-state index in [1.165, 1.54) is 10.0 Å². The Balaban J connectivity index is 3.12. The Bertz CT molecular complexity index is 136. The lowest BCUT2D eigenvalue weighted by molar-refractivity contribution is 1.51. The SMILES string of the molecule is C[c-]1cccc1Br. The van der Waals surface area contributed by atoms with Gasteiger partial charge in [0.15, 0.2) is 0 Å². The molecular weight excluding hydrogens is 152 g/mol. The molecule has 38 valence electrons. The van der Waals surface area contributed by atoms with Crippen molar-refractivity contribution in [3.05, 3.63) is 28.2 Å². The summed E-state index contributed by atoms with van der Waals surface area (Å²) in [6, 6.07) is 6.14. The third-order valence-electron chi connectivity index (χ3n) is 0.965. The van der Waals surface area contributed by atoms with Crippen LogP contribution in [-0.4, -0.2) is 0 Å². The molecule has 0 saturated heterocycles. The summed E-state index contributed by atoms with van der Waals surface area (Å²) in [6.45, 7) is 2.07. The first-order valence-corrected chi connectivity index (χ1v) is 2.98. The molecule has 0 saturated carbocycles. The van der Waals surface area contributed by atoms with Gasteiger partial charge in [-0.05, 0) is 0 Å². The topological polar surface area (TPSA) is 0 Å². The lowest BCUT2D eigenvalue weighted by Gasteiger charge is -1.89. The second-order valence-electron chi connectivity index (χ2n) is 1.56. The third kappa shape index (κ3) is 0.885. The van der Waals surface area contributed by atoms with E-state index in [-0.39, 0.29) is 0 Å². The zero-order valence-corrected chi connectivity index (χ0v) is 5.70. The van der Waals surface area contributed by atoms with Gasteiger partial charge in [0.05, 0.1) is 0 Å². The lowest BCUT2D eigenvalue weighted by atomic mass is 10.4. The Morgan fingerprint density at radius 2 is 2.43 bits per heavy atom. The van der Waals surface area contributed by atoms with Gasteiger partial charge in [0.2, 0.25) is 0 Å². The van der Waals surface area contributed by atoms with Gasteiger partial charge in [-0.3, -0.25) is 0 Å². The van der Waals surface area contributed by atoms with Crippen LogP contribution in [0.25, 0.3) is 0 Å². The molecule has 0 bridgehead atoms. The van der Waals surface area contributed by atoms with E-state index in [1.807, 2.05) is 12.1 Å². The molecule has 0 amide bonds. The van der Waals surface area contributed by atoms with Crippen molar-refractivity contribution in [1.29, 1.82) is 0 Å². The maximum atomic E-state index is 3.37. The Kier molecular flexibility index (Phi) is 1.24. The molecule has 0 heterocycles. The summed E-state index contributed by atoms with van der Waals surface area (Å²) in [7, 11) is 0. The van der Waals surface area contributed by atoms with Crippen LogP contribution in [-0.2, 0) is 0 Å². The first kappa shape index (κ1) is 4.98. The van der Waals surface area contributed by atoms with E-state index in [0.29, 0.717) is 0 Å². The normalized spacial score (nSPS) is 9.43. The number of hydrogen-bond acceptors (Lipinski definition) is 0. The fraction of sp³-hybridized carbons (Fsp3) is 0.167. The maximum Gasteiger partial charge on any atom is -0.0806 e. The minimum absolute atomic E-state index is 1.20. The Hall–Kier alpha value is -0.170. The van der Waals surface area contributed by atoms with Gasteiger partial charge in [-0.25, -0.2) is 6.07 Å². The van der Waals surface area contributed by atoms with Gasteiger partial charge < -0.3 is 0 Å². The molecule has 0 aliphatic heterocycles. The number of hydrogen-bond donors (Lipinski definition) is 0. The van der Waals surface area contributed by atoms with E-state index >= 15 is 0 Å². The number of aryl methyl sites for hydroxylation is 1. The summed E-state index contributed by atoms with van der Waals surface area (Å²) in [5.41, 5.74) is 1.31. The molecule has 0 aliphatic rings. The predicted molar refractivity (Wildman–Crippen MR) is 34.5 cm³/mol. The molecule has 0 atom stereocenters. The van der Waals surface area contributed by atoms with E-state index in [9.17, 15) is 0 Å². The fourth-order valence-electron chi connectivity index (χ4n) is 0.488. The van der Waals surface area contributed by atoms with Crippen LogP contribution in [0.4, 0.5) is 0 Å². The highest BCUT2D eigenvalue weighted by atomic mass is 79.9. The summed E-state index contributed by atoms with van der Waals surface area (Å²) in [5, 5.41) is 0. The van der Waals surface area contributed by atoms with E-state index in [4.69, 9.17) is 0 Å². The smallest absolute Gasteiger partial charge is 0.0806 e. The summed E-state index contributed by atoms with van der Waals surface area (Å²) in [6.07, 6.45) is 0.